The summed E-state index contributed by atoms with van der Waals surface area (Å²) in [4.78, 5) is 19.6. The van der Waals surface area contributed by atoms with Crippen LogP contribution in [-0.2, 0) is 13.2 Å². The quantitative estimate of drug-likeness (QED) is 0.433. The summed E-state index contributed by atoms with van der Waals surface area (Å²) in [6.07, 6.45) is 0.883. The van der Waals surface area contributed by atoms with Crippen LogP contribution in [0.2, 0.25) is 5.02 Å². The third-order valence-corrected chi connectivity index (χ3v) is 5.91. The van der Waals surface area contributed by atoms with Gasteiger partial charge in [0.05, 0.1) is 12.2 Å². The fraction of sp³-hybridized carbons (Fsp3) is 0.304. The number of hydrogen-bond acceptors (Lipinski definition) is 4. The molecule has 1 amide bonds. The van der Waals surface area contributed by atoms with Crippen LogP contribution in [0.5, 0.6) is 5.75 Å². The molecule has 0 saturated heterocycles. The summed E-state index contributed by atoms with van der Waals surface area (Å²) in [5.41, 5.74) is 2.73. The van der Waals surface area contributed by atoms with Crippen LogP contribution in [0.25, 0.3) is 0 Å². The molecule has 1 heterocycles. The molecule has 1 aromatic heterocycles. The van der Waals surface area contributed by atoms with Gasteiger partial charge in [0, 0.05) is 22.0 Å². The van der Waals surface area contributed by atoms with Gasteiger partial charge in [-0.05, 0) is 56.7 Å². The third-order valence-electron chi connectivity index (χ3n) is 4.79. The molecule has 2 aromatic carbocycles. The first kappa shape index (κ1) is 21.3. The maximum atomic E-state index is 13.1. The molecule has 0 N–H and O–H groups in total. The monoisotopic (exact) mass is 428 g/mol. The highest BCUT2D eigenvalue weighted by Crippen LogP contribution is 2.20. The zero-order valence-corrected chi connectivity index (χ0v) is 18.5. The van der Waals surface area contributed by atoms with Crippen molar-refractivity contribution < 1.29 is 9.53 Å². The number of aryl methyl sites for hydroxylation is 1. The summed E-state index contributed by atoms with van der Waals surface area (Å²) in [5, 5.41) is 3.55. The number of aromatic nitrogens is 1. The van der Waals surface area contributed by atoms with E-state index in [0.29, 0.717) is 23.7 Å². The number of ether oxygens (including phenoxy) is 1. The number of carbonyl (C=O) groups is 1. The predicted octanol–water partition coefficient (Wildman–Crippen LogP) is 6.12. The summed E-state index contributed by atoms with van der Waals surface area (Å²) in [7, 11) is 0. The van der Waals surface area contributed by atoms with E-state index in [9.17, 15) is 4.79 Å². The number of rotatable bonds is 8. The molecule has 0 aliphatic heterocycles. The SMILES string of the molecule is CC[C@H](C)N(Cc1csc(COc2ccc(Cl)cc2)n1)C(=O)c1ccc(C)cc1. The van der Waals surface area contributed by atoms with Crippen LogP contribution >= 0.6 is 22.9 Å². The predicted molar refractivity (Wildman–Crippen MR) is 119 cm³/mol. The molecule has 4 nitrogen and oxygen atoms in total. The lowest BCUT2D eigenvalue weighted by Gasteiger charge is -2.28. The maximum Gasteiger partial charge on any atom is 0.254 e. The van der Waals surface area contributed by atoms with E-state index in [1.807, 2.05) is 53.6 Å². The van der Waals surface area contributed by atoms with Gasteiger partial charge in [0.2, 0.25) is 0 Å². The zero-order chi connectivity index (χ0) is 20.8. The van der Waals surface area contributed by atoms with E-state index in [1.54, 1.807) is 23.5 Å². The summed E-state index contributed by atoms with van der Waals surface area (Å²) < 4.78 is 5.77. The van der Waals surface area contributed by atoms with Gasteiger partial charge in [-0.3, -0.25) is 4.79 Å². The number of thiazole rings is 1. The Balaban J connectivity index is 1.67. The zero-order valence-electron chi connectivity index (χ0n) is 16.9. The number of hydrogen-bond donors (Lipinski definition) is 0. The summed E-state index contributed by atoms with van der Waals surface area (Å²) in [6, 6.07) is 15.1. The fourth-order valence-corrected chi connectivity index (χ4v) is 3.67. The van der Waals surface area contributed by atoms with Crippen molar-refractivity contribution in [3.8, 4) is 5.75 Å². The number of carbonyl (C=O) groups excluding carboxylic acids is 1. The van der Waals surface area contributed by atoms with E-state index in [1.165, 1.54) is 0 Å². The van der Waals surface area contributed by atoms with Crippen LogP contribution in [-0.4, -0.2) is 21.8 Å². The molecule has 0 saturated carbocycles. The van der Waals surface area contributed by atoms with Crippen LogP contribution in [0.15, 0.2) is 53.9 Å². The first-order valence-corrected chi connectivity index (χ1v) is 10.9. The number of nitrogens with zero attached hydrogens (tertiary/aromatic N) is 2. The molecule has 0 fully saturated rings. The Morgan fingerprint density at radius 1 is 1.17 bits per heavy atom. The van der Waals surface area contributed by atoms with Gasteiger partial charge >= 0.3 is 0 Å². The summed E-state index contributed by atoms with van der Waals surface area (Å²) in [5.74, 6) is 0.785. The van der Waals surface area contributed by atoms with Gasteiger partial charge in [0.1, 0.15) is 17.4 Å². The highest BCUT2D eigenvalue weighted by molar-refractivity contribution is 7.09. The molecular formula is C23H25ClN2O2S. The normalized spacial score (nSPS) is 11.9. The molecular weight excluding hydrogens is 404 g/mol. The highest BCUT2D eigenvalue weighted by atomic mass is 35.5. The van der Waals surface area contributed by atoms with E-state index in [-0.39, 0.29) is 11.9 Å². The molecule has 0 aliphatic carbocycles. The maximum absolute atomic E-state index is 13.1. The van der Waals surface area contributed by atoms with Crippen molar-refractivity contribution in [3.05, 3.63) is 80.8 Å². The van der Waals surface area contributed by atoms with Crippen molar-refractivity contribution in [2.24, 2.45) is 0 Å². The fourth-order valence-electron chi connectivity index (χ4n) is 2.85. The lowest BCUT2D eigenvalue weighted by Crippen LogP contribution is -2.37. The Bertz CT molecular complexity index is 938. The first-order valence-electron chi connectivity index (χ1n) is 9.65. The summed E-state index contributed by atoms with van der Waals surface area (Å²) >= 11 is 7.44. The Morgan fingerprint density at radius 3 is 2.52 bits per heavy atom. The van der Waals surface area contributed by atoms with Gasteiger partial charge < -0.3 is 9.64 Å². The van der Waals surface area contributed by atoms with E-state index >= 15 is 0 Å². The van der Waals surface area contributed by atoms with Crippen molar-refractivity contribution in [2.45, 2.75) is 46.4 Å². The lowest BCUT2D eigenvalue weighted by molar-refractivity contribution is 0.0669. The molecule has 0 radical (unpaired) electrons. The number of benzene rings is 2. The van der Waals surface area contributed by atoms with Crippen molar-refractivity contribution in [1.82, 2.24) is 9.88 Å². The minimum atomic E-state index is 0.0336. The van der Waals surface area contributed by atoms with E-state index in [0.717, 1.165) is 28.4 Å². The topological polar surface area (TPSA) is 42.4 Å². The van der Waals surface area contributed by atoms with Crippen LogP contribution in [0.1, 0.15) is 46.9 Å². The smallest absolute Gasteiger partial charge is 0.254 e. The van der Waals surface area contributed by atoms with Crippen LogP contribution in [0.4, 0.5) is 0 Å². The van der Waals surface area contributed by atoms with Gasteiger partial charge in [-0.2, -0.15) is 0 Å². The minimum Gasteiger partial charge on any atom is -0.486 e. The number of halogens is 1. The largest absolute Gasteiger partial charge is 0.486 e. The van der Waals surface area contributed by atoms with Crippen LogP contribution < -0.4 is 4.74 Å². The van der Waals surface area contributed by atoms with E-state index in [4.69, 9.17) is 16.3 Å². The second kappa shape index (κ2) is 9.90. The molecule has 1 atom stereocenters. The standard InChI is InChI=1S/C23H25ClN2O2S/c1-4-17(3)26(23(27)18-7-5-16(2)6-8-18)13-20-15-29-22(25-20)14-28-21-11-9-19(24)10-12-21/h5-12,15,17H,4,13-14H2,1-3H3/t17-/m0/s1. The molecule has 0 bridgehead atoms. The molecule has 0 aliphatic rings. The van der Waals surface area contributed by atoms with Gasteiger partial charge in [-0.15, -0.1) is 11.3 Å². The Kier molecular flexibility index (Phi) is 7.29. The third kappa shape index (κ3) is 5.81. The molecule has 3 aromatic rings. The Hall–Kier alpha value is -2.37. The van der Waals surface area contributed by atoms with Crippen LogP contribution in [0.3, 0.4) is 0 Å². The molecule has 6 heteroatoms. The van der Waals surface area contributed by atoms with Crippen molar-refractivity contribution in [2.75, 3.05) is 0 Å². The lowest BCUT2D eigenvalue weighted by atomic mass is 10.1. The van der Waals surface area contributed by atoms with Gasteiger partial charge in [0.25, 0.3) is 5.91 Å². The second-order valence-corrected chi connectivity index (χ2v) is 8.41. The molecule has 0 unspecified atom stereocenters. The highest BCUT2D eigenvalue weighted by Gasteiger charge is 2.22. The van der Waals surface area contributed by atoms with E-state index < -0.39 is 0 Å². The Labute approximate surface area is 181 Å². The summed E-state index contributed by atoms with van der Waals surface area (Å²) in [6.45, 7) is 7.06. The van der Waals surface area contributed by atoms with Gasteiger partial charge in [-0.25, -0.2) is 4.98 Å². The van der Waals surface area contributed by atoms with Crippen molar-refractivity contribution in [3.63, 3.8) is 0 Å². The molecule has 3 rings (SSSR count). The number of amides is 1. The second-order valence-electron chi connectivity index (χ2n) is 7.03. The molecule has 29 heavy (non-hydrogen) atoms. The average molecular weight is 429 g/mol. The van der Waals surface area contributed by atoms with Gasteiger partial charge in [-0.1, -0.05) is 36.2 Å². The average Bonchev–Trinajstić information content (AvgIpc) is 3.18. The Morgan fingerprint density at radius 2 is 1.86 bits per heavy atom. The van der Waals surface area contributed by atoms with Gasteiger partial charge in [0.15, 0.2) is 0 Å². The molecule has 0 spiro atoms. The molecule has 152 valence electrons. The van der Waals surface area contributed by atoms with Crippen molar-refractivity contribution >= 4 is 28.8 Å². The minimum absolute atomic E-state index is 0.0336. The van der Waals surface area contributed by atoms with E-state index in [2.05, 4.69) is 18.8 Å². The first-order chi connectivity index (χ1) is 14.0. The van der Waals surface area contributed by atoms with Crippen molar-refractivity contribution in [1.29, 1.82) is 0 Å². The van der Waals surface area contributed by atoms with Crippen LogP contribution in [0, 0.1) is 6.92 Å².